The molecule has 0 amide bonds. The van der Waals surface area contributed by atoms with Crippen molar-refractivity contribution >= 4 is 38.9 Å². The van der Waals surface area contributed by atoms with Crippen molar-refractivity contribution in [3.8, 4) is 0 Å². The van der Waals surface area contributed by atoms with Crippen molar-refractivity contribution in [2.75, 3.05) is 5.32 Å². The zero-order valence-corrected chi connectivity index (χ0v) is 13.3. The zero-order chi connectivity index (χ0) is 15.6. The van der Waals surface area contributed by atoms with Gasteiger partial charge in [0.2, 0.25) is 5.82 Å². The van der Waals surface area contributed by atoms with Crippen LogP contribution in [0.5, 0.6) is 0 Å². The van der Waals surface area contributed by atoms with Crippen LogP contribution >= 0.6 is 27.5 Å². The Kier molecular flexibility index (Phi) is 4.80. The molecule has 0 spiro atoms. The highest BCUT2D eigenvalue weighted by Crippen LogP contribution is 2.29. The Labute approximate surface area is 134 Å². The number of nitrogens with one attached hydrogen (secondary N) is 1. The number of anilines is 1. The Morgan fingerprint density at radius 1 is 1.38 bits per heavy atom. The minimum absolute atomic E-state index is 0.326. The molecule has 2 rings (SSSR count). The van der Waals surface area contributed by atoms with E-state index in [1.165, 1.54) is 6.07 Å². The van der Waals surface area contributed by atoms with Crippen molar-refractivity contribution in [3.05, 3.63) is 66.9 Å². The second-order valence-electron chi connectivity index (χ2n) is 4.48. The third-order valence-electron chi connectivity index (χ3n) is 2.94. The van der Waals surface area contributed by atoms with Gasteiger partial charge in [-0.25, -0.2) is 0 Å². The number of nitro groups is 1. The summed E-state index contributed by atoms with van der Waals surface area (Å²) in [5.74, 6) is -0.847. The van der Waals surface area contributed by atoms with Crippen molar-refractivity contribution in [1.29, 1.82) is 0 Å². The van der Waals surface area contributed by atoms with Crippen molar-refractivity contribution < 1.29 is 9.31 Å². The van der Waals surface area contributed by atoms with Crippen molar-refractivity contribution in [1.82, 2.24) is 0 Å². The van der Waals surface area contributed by atoms with Crippen molar-refractivity contribution in [2.45, 2.75) is 13.5 Å². The van der Waals surface area contributed by atoms with Crippen LogP contribution in [0.3, 0.4) is 0 Å². The molecule has 0 bridgehead atoms. The van der Waals surface area contributed by atoms with E-state index in [1.54, 1.807) is 6.07 Å². The number of benzene rings is 2. The minimum atomic E-state index is -0.847. The second-order valence-corrected chi connectivity index (χ2v) is 5.74. The Hall–Kier alpha value is -1.66. The van der Waals surface area contributed by atoms with Crippen LogP contribution in [-0.2, 0) is 6.54 Å². The predicted octanol–water partition coefficient (Wildman–Crippen LogP) is 5.07. The van der Waals surface area contributed by atoms with Crippen LogP contribution in [0.15, 0.2) is 34.8 Å². The molecule has 0 aliphatic carbocycles. The van der Waals surface area contributed by atoms with Crippen LogP contribution in [0.25, 0.3) is 0 Å². The lowest BCUT2D eigenvalue weighted by Gasteiger charge is -2.11. The number of nitro benzene ring substituents is 1. The van der Waals surface area contributed by atoms with Gasteiger partial charge in [-0.05, 0) is 52.2 Å². The summed E-state index contributed by atoms with van der Waals surface area (Å²) in [7, 11) is 0. The number of nitrogens with zero attached hydrogens (tertiary/aromatic N) is 1. The highest BCUT2D eigenvalue weighted by molar-refractivity contribution is 9.10. The topological polar surface area (TPSA) is 55.2 Å². The second kappa shape index (κ2) is 6.41. The van der Waals surface area contributed by atoms with E-state index in [1.807, 2.05) is 13.0 Å². The Bertz CT molecular complexity index is 710. The van der Waals surface area contributed by atoms with Gasteiger partial charge in [-0.2, -0.15) is 4.39 Å². The van der Waals surface area contributed by atoms with E-state index in [-0.39, 0.29) is 0 Å². The SMILES string of the molecule is Cc1cc(Br)c(NCc2ccc([N+](=O)[O-])c(F)c2)cc1Cl. The average molecular weight is 374 g/mol. The van der Waals surface area contributed by atoms with Gasteiger partial charge in [0.15, 0.2) is 0 Å². The summed E-state index contributed by atoms with van der Waals surface area (Å²) in [5, 5.41) is 14.3. The highest BCUT2D eigenvalue weighted by atomic mass is 79.9. The maximum Gasteiger partial charge on any atom is 0.304 e. The summed E-state index contributed by atoms with van der Waals surface area (Å²) in [6.45, 7) is 2.22. The van der Waals surface area contributed by atoms with Gasteiger partial charge in [-0.1, -0.05) is 17.7 Å². The molecular weight excluding hydrogens is 363 g/mol. The predicted molar refractivity (Wildman–Crippen MR) is 84.3 cm³/mol. The molecule has 1 N–H and O–H groups in total. The van der Waals surface area contributed by atoms with E-state index in [4.69, 9.17) is 11.6 Å². The number of hydrogen-bond acceptors (Lipinski definition) is 3. The van der Waals surface area contributed by atoms with Crippen LogP contribution in [0.2, 0.25) is 5.02 Å². The molecular formula is C14H11BrClFN2O2. The van der Waals surface area contributed by atoms with Gasteiger partial charge < -0.3 is 5.32 Å². The lowest BCUT2D eigenvalue weighted by atomic mass is 10.2. The Morgan fingerprint density at radius 3 is 2.71 bits per heavy atom. The van der Waals surface area contributed by atoms with Crippen LogP contribution in [0.1, 0.15) is 11.1 Å². The van der Waals surface area contributed by atoms with E-state index in [0.29, 0.717) is 17.1 Å². The molecule has 110 valence electrons. The summed E-state index contributed by atoms with van der Waals surface area (Å²) in [5.41, 5.74) is 1.78. The third-order valence-corrected chi connectivity index (χ3v) is 4.00. The summed E-state index contributed by atoms with van der Waals surface area (Å²) in [6, 6.07) is 7.46. The normalized spacial score (nSPS) is 10.5. The van der Waals surface area contributed by atoms with Crippen LogP contribution in [0, 0.1) is 22.9 Å². The summed E-state index contributed by atoms with van der Waals surface area (Å²) >= 11 is 9.47. The van der Waals surface area contributed by atoms with Gasteiger partial charge in [0.05, 0.1) is 10.6 Å². The minimum Gasteiger partial charge on any atom is -0.380 e. The van der Waals surface area contributed by atoms with E-state index in [9.17, 15) is 14.5 Å². The average Bonchev–Trinajstić information content (AvgIpc) is 2.41. The molecule has 0 saturated heterocycles. The Balaban J connectivity index is 2.15. The van der Waals surface area contributed by atoms with Crippen LogP contribution < -0.4 is 5.32 Å². The molecule has 0 unspecified atom stereocenters. The molecule has 0 fully saturated rings. The first kappa shape index (κ1) is 15.7. The molecule has 21 heavy (non-hydrogen) atoms. The largest absolute Gasteiger partial charge is 0.380 e. The molecule has 0 radical (unpaired) electrons. The fourth-order valence-electron chi connectivity index (χ4n) is 1.79. The number of hydrogen-bond donors (Lipinski definition) is 1. The summed E-state index contributed by atoms with van der Waals surface area (Å²) in [4.78, 5) is 9.81. The maximum absolute atomic E-state index is 13.5. The van der Waals surface area contributed by atoms with Crippen LogP contribution in [-0.4, -0.2) is 4.92 Å². The van der Waals surface area contributed by atoms with Crippen molar-refractivity contribution in [2.24, 2.45) is 0 Å². The lowest BCUT2D eigenvalue weighted by Crippen LogP contribution is -2.02. The van der Waals surface area contributed by atoms with E-state index < -0.39 is 16.4 Å². The molecule has 0 aliphatic rings. The molecule has 2 aromatic rings. The van der Waals surface area contributed by atoms with E-state index in [2.05, 4.69) is 21.2 Å². The van der Waals surface area contributed by atoms with Gasteiger partial charge in [0.25, 0.3) is 0 Å². The Morgan fingerprint density at radius 2 is 2.10 bits per heavy atom. The monoisotopic (exact) mass is 372 g/mol. The summed E-state index contributed by atoms with van der Waals surface area (Å²) in [6.07, 6.45) is 0. The van der Waals surface area contributed by atoms with E-state index in [0.717, 1.165) is 27.9 Å². The standard InChI is InChI=1S/C14H11BrClFN2O2/c1-8-4-10(15)13(6-11(8)16)18-7-9-2-3-14(19(20)21)12(17)5-9/h2-6,18H,7H2,1H3. The first-order chi connectivity index (χ1) is 9.88. The van der Waals surface area contributed by atoms with Gasteiger partial charge in [0, 0.05) is 22.1 Å². The molecule has 0 atom stereocenters. The highest BCUT2D eigenvalue weighted by Gasteiger charge is 2.13. The molecule has 7 heteroatoms. The molecule has 0 heterocycles. The van der Waals surface area contributed by atoms with Gasteiger partial charge >= 0.3 is 5.69 Å². The van der Waals surface area contributed by atoms with Crippen molar-refractivity contribution in [3.63, 3.8) is 0 Å². The molecule has 0 saturated carbocycles. The molecule has 0 aliphatic heterocycles. The third kappa shape index (κ3) is 3.71. The summed E-state index contributed by atoms with van der Waals surface area (Å²) < 4.78 is 14.4. The number of aryl methyl sites for hydroxylation is 1. The fourth-order valence-corrected chi connectivity index (χ4v) is 2.55. The van der Waals surface area contributed by atoms with Crippen LogP contribution in [0.4, 0.5) is 15.8 Å². The zero-order valence-electron chi connectivity index (χ0n) is 11.0. The fraction of sp³-hybridized carbons (Fsp3) is 0.143. The first-order valence-electron chi connectivity index (χ1n) is 6.01. The first-order valence-corrected chi connectivity index (χ1v) is 7.18. The smallest absolute Gasteiger partial charge is 0.304 e. The molecule has 2 aromatic carbocycles. The number of rotatable bonds is 4. The lowest BCUT2D eigenvalue weighted by molar-refractivity contribution is -0.387. The van der Waals surface area contributed by atoms with Gasteiger partial charge in [-0.15, -0.1) is 0 Å². The number of halogens is 3. The molecule has 0 aromatic heterocycles. The quantitative estimate of drug-likeness (QED) is 0.601. The van der Waals surface area contributed by atoms with E-state index >= 15 is 0 Å². The maximum atomic E-state index is 13.5. The van der Waals surface area contributed by atoms with Gasteiger partial charge in [-0.3, -0.25) is 10.1 Å². The van der Waals surface area contributed by atoms with Gasteiger partial charge in [0.1, 0.15) is 0 Å². The molecule has 4 nitrogen and oxygen atoms in total.